The van der Waals surface area contributed by atoms with Crippen LogP contribution in [0.1, 0.15) is 0 Å². The zero-order valence-corrected chi connectivity index (χ0v) is 4.28. The Kier molecular flexibility index (Phi) is 8.29. The maximum atomic E-state index is 8.81. The van der Waals surface area contributed by atoms with Crippen LogP contribution in [0.15, 0.2) is 0 Å². The van der Waals surface area contributed by atoms with Crippen LogP contribution in [0.5, 0.6) is 0 Å². The van der Waals surface area contributed by atoms with Crippen molar-refractivity contribution in [3.63, 3.8) is 0 Å². The molecule has 5 heavy (non-hydrogen) atoms. The van der Waals surface area contributed by atoms with Gasteiger partial charge in [0.2, 0.25) is 0 Å². The molecule has 0 saturated heterocycles. The second-order valence-corrected chi connectivity index (χ2v) is 0.885. The number of hydrogen-bond acceptors (Lipinski definition) is 2. The zero-order valence-electron chi connectivity index (χ0n) is 2.69. The molecule has 0 aliphatic heterocycles. The largest absolute Gasteiger partial charge is 1.00 e. The van der Waals surface area contributed by atoms with Crippen molar-refractivity contribution in [1.82, 2.24) is 0 Å². The molecule has 0 radical (unpaired) electrons. The fraction of sp³-hybridized carbons (Fsp3) is 0. The number of hydrogen-bond donors (Lipinski definition) is 0. The molecule has 0 aliphatic rings. The van der Waals surface area contributed by atoms with Crippen molar-refractivity contribution in [3.05, 3.63) is 0 Å². The van der Waals surface area contributed by atoms with Gasteiger partial charge in [0, 0.05) is 0 Å². The van der Waals surface area contributed by atoms with Gasteiger partial charge < -0.3 is 9.90 Å². The number of halogens is 1. The van der Waals surface area contributed by atoms with Gasteiger partial charge in [-0.25, -0.2) is 0 Å². The molecule has 24 valence electrons. The Balaban J connectivity index is 0. The van der Waals surface area contributed by atoms with Crippen molar-refractivity contribution < 1.29 is 28.8 Å². The molecular formula is CBrLiO2. The average Bonchev–Trinajstić information content (AvgIpc) is 0.811. The molecule has 0 aromatic carbocycles. The standard InChI is InChI=1S/CHBrO2.Li/c2-1(3)4;/h(H,3,4);/q;+1/p-1. The normalized spacial score (nSPS) is 5.00. The molecular weight excluding hydrogens is 131 g/mol. The summed E-state index contributed by atoms with van der Waals surface area (Å²) in [4.78, 5) is 7.53. The summed E-state index contributed by atoms with van der Waals surface area (Å²) in [6.45, 7) is 0. The maximum absolute atomic E-state index is 8.81. The summed E-state index contributed by atoms with van der Waals surface area (Å²) < 4.78 is 0. The van der Waals surface area contributed by atoms with E-state index >= 15 is 0 Å². The first kappa shape index (κ1) is 9.12. The molecule has 0 aromatic rings. The predicted octanol–water partition coefficient (Wildman–Crippen LogP) is -3.27. The van der Waals surface area contributed by atoms with Crippen LogP contribution in [0.4, 0.5) is 4.79 Å². The van der Waals surface area contributed by atoms with Crippen molar-refractivity contribution in [2.45, 2.75) is 0 Å². The molecule has 0 amide bonds. The average molecular weight is 131 g/mol. The van der Waals surface area contributed by atoms with Gasteiger partial charge in [-0.05, 0) is 15.9 Å². The van der Waals surface area contributed by atoms with Gasteiger partial charge in [-0.1, -0.05) is 0 Å². The van der Waals surface area contributed by atoms with Crippen LogP contribution in [0.2, 0.25) is 0 Å². The summed E-state index contributed by atoms with van der Waals surface area (Å²) in [7, 11) is 0. The Bertz CT molecular complexity index is 32.6. The van der Waals surface area contributed by atoms with E-state index in [1.807, 2.05) is 0 Å². The van der Waals surface area contributed by atoms with Crippen LogP contribution >= 0.6 is 15.9 Å². The fourth-order valence-corrected chi connectivity index (χ4v) is 0. The molecule has 0 saturated carbocycles. The van der Waals surface area contributed by atoms with E-state index in [1.165, 1.54) is 0 Å². The van der Waals surface area contributed by atoms with E-state index in [0.29, 0.717) is 0 Å². The van der Waals surface area contributed by atoms with Gasteiger partial charge in [0.05, 0.1) is 0 Å². The Hall–Kier alpha value is 0.547. The second kappa shape index (κ2) is 4.55. The van der Waals surface area contributed by atoms with Crippen LogP contribution < -0.4 is 24.0 Å². The molecule has 0 aliphatic carbocycles. The molecule has 4 heteroatoms. The monoisotopic (exact) mass is 130 g/mol. The topological polar surface area (TPSA) is 40.1 Å². The molecule has 0 unspecified atom stereocenters. The number of carbonyl (C=O) groups is 1. The Morgan fingerprint density at radius 1 is 1.80 bits per heavy atom. The fourth-order valence-electron chi connectivity index (χ4n) is 0. The Morgan fingerprint density at radius 3 is 1.80 bits per heavy atom. The minimum atomic E-state index is -1.27. The van der Waals surface area contributed by atoms with Gasteiger partial charge in [-0.3, -0.25) is 0 Å². The van der Waals surface area contributed by atoms with Crippen molar-refractivity contribution in [2.75, 3.05) is 0 Å². The molecule has 0 atom stereocenters. The minimum absolute atomic E-state index is 0. The molecule has 0 aromatic heterocycles. The molecule has 0 bridgehead atoms. The van der Waals surface area contributed by atoms with Gasteiger partial charge in [0.25, 0.3) is 0 Å². The van der Waals surface area contributed by atoms with Crippen LogP contribution in [0, 0.1) is 0 Å². The van der Waals surface area contributed by atoms with Gasteiger partial charge >= 0.3 is 18.9 Å². The van der Waals surface area contributed by atoms with Crippen molar-refractivity contribution in [1.29, 1.82) is 0 Å². The van der Waals surface area contributed by atoms with Gasteiger partial charge in [-0.2, -0.15) is 0 Å². The van der Waals surface area contributed by atoms with Crippen molar-refractivity contribution in [3.8, 4) is 0 Å². The summed E-state index contributed by atoms with van der Waals surface area (Å²) in [5.41, 5.74) is 0. The number of carboxylic acid groups (broad SMARTS) is 1. The Morgan fingerprint density at radius 2 is 1.80 bits per heavy atom. The third-order valence-electron chi connectivity index (χ3n) is 0. The minimum Gasteiger partial charge on any atom is -0.538 e. The van der Waals surface area contributed by atoms with E-state index in [9.17, 15) is 0 Å². The van der Waals surface area contributed by atoms with Crippen LogP contribution in [0.25, 0.3) is 0 Å². The summed E-state index contributed by atoms with van der Waals surface area (Å²) >= 11 is 2.08. The summed E-state index contributed by atoms with van der Waals surface area (Å²) in [5.74, 6) is 0. The molecule has 0 rings (SSSR count). The zero-order chi connectivity index (χ0) is 3.58. The third kappa shape index (κ3) is 98.5. The Labute approximate surface area is 49.9 Å². The van der Waals surface area contributed by atoms with Crippen molar-refractivity contribution >= 4 is 20.8 Å². The quantitative estimate of drug-likeness (QED) is 0.255. The van der Waals surface area contributed by atoms with Gasteiger partial charge in [0.1, 0.15) is 4.88 Å². The van der Waals surface area contributed by atoms with E-state index < -0.39 is 4.88 Å². The van der Waals surface area contributed by atoms with Gasteiger partial charge in [-0.15, -0.1) is 0 Å². The predicted molar refractivity (Wildman–Crippen MR) is 14.3 cm³/mol. The second-order valence-electron chi connectivity index (χ2n) is 0.238. The summed E-state index contributed by atoms with van der Waals surface area (Å²) in [6, 6.07) is 0. The van der Waals surface area contributed by atoms with Crippen molar-refractivity contribution in [2.24, 2.45) is 0 Å². The SMILES string of the molecule is O=C([O-])Br.[Li+]. The van der Waals surface area contributed by atoms with Crippen LogP contribution in [-0.2, 0) is 0 Å². The first-order chi connectivity index (χ1) is 1.73. The molecule has 0 N–H and O–H groups in total. The first-order valence-electron chi connectivity index (χ1n) is 0.597. The summed E-state index contributed by atoms with van der Waals surface area (Å²) in [5, 5.41) is 8.81. The molecule has 0 fully saturated rings. The van der Waals surface area contributed by atoms with Gasteiger partial charge in [0.15, 0.2) is 0 Å². The third-order valence-corrected chi connectivity index (χ3v) is 0. The first-order valence-corrected chi connectivity index (χ1v) is 1.39. The van der Waals surface area contributed by atoms with E-state index in [1.54, 1.807) is 0 Å². The number of rotatable bonds is 0. The van der Waals surface area contributed by atoms with E-state index in [0.717, 1.165) is 0 Å². The smallest absolute Gasteiger partial charge is 0.538 e. The van der Waals surface area contributed by atoms with E-state index in [4.69, 9.17) is 9.90 Å². The number of carbonyl (C=O) groups excluding carboxylic acids is 1. The summed E-state index contributed by atoms with van der Waals surface area (Å²) in [6.07, 6.45) is 0. The molecule has 0 heterocycles. The van der Waals surface area contributed by atoms with Crippen LogP contribution in [-0.4, -0.2) is 4.88 Å². The molecule has 2 nitrogen and oxygen atoms in total. The van der Waals surface area contributed by atoms with E-state index in [-0.39, 0.29) is 18.9 Å². The van der Waals surface area contributed by atoms with E-state index in [2.05, 4.69) is 15.9 Å². The molecule has 0 spiro atoms. The maximum Gasteiger partial charge on any atom is 1.00 e. The van der Waals surface area contributed by atoms with Crippen LogP contribution in [0.3, 0.4) is 0 Å².